The Morgan fingerprint density at radius 3 is 2.73 bits per heavy atom. The summed E-state index contributed by atoms with van der Waals surface area (Å²) in [4.78, 5) is 15.1. The van der Waals surface area contributed by atoms with Gasteiger partial charge in [0.15, 0.2) is 0 Å². The fourth-order valence-electron chi connectivity index (χ4n) is 6.33. The van der Waals surface area contributed by atoms with E-state index >= 15 is 0 Å². The van der Waals surface area contributed by atoms with E-state index in [1.807, 2.05) is 0 Å². The molecule has 7 nitrogen and oxygen atoms in total. The number of hydrogen-bond acceptors (Lipinski definition) is 6. The molecule has 0 aromatic rings. The van der Waals surface area contributed by atoms with Crippen LogP contribution in [0.3, 0.4) is 0 Å². The fourth-order valence-corrected chi connectivity index (χ4v) is 6.33. The van der Waals surface area contributed by atoms with Crippen LogP contribution in [-0.2, 0) is 18.9 Å². The van der Waals surface area contributed by atoms with E-state index in [9.17, 15) is 4.79 Å². The van der Waals surface area contributed by atoms with Gasteiger partial charge in [-0.25, -0.2) is 4.79 Å². The van der Waals surface area contributed by atoms with Gasteiger partial charge in [-0.1, -0.05) is 11.6 Å². The van der Waals surface area contributed by atoms with Crippen LogP contribution in [0.2, 0.25) is 0 Å². The van der Waals surface area contributed by atoms with Gasteiger partial charge >= 0.3 is 6.09 Å². The second-order valence-electron chi connectivity index (χ2n) is 10.4. The smallest absolute Gasteiger partial charge is 0.408 e. The van der Waals surface area contributed by atoms with E-state index in [1.54, 1.807) is 7.11 Å². The molecule has 1 amide bonds. The van der Waals surface area contributed by atoms with Gasteiger partial charge in [0.05, 0.1) is 24.8 Å². The van der Waals surface area contributed by atoms with E-state index in [4.69, 9.17) is 18.9 Å². The third-order valence-electron chi connectivity index (χ3n) is 8.09. The average molecular weight is 421 g/mol. The van der Waals surface area contributed by atoms with Gasteiger partial charge in [0, 0.05) is 20.2 Å². The summed E-state index contributed by atoms with van der Waals surface area (Å²) in [5.74, 6) is 0.779. The number of ether oxygens (including phenoxy) is 4. The number of epoxide rings is 2. The fraction of sp³-hybridized carbons (Fsp3) is 0.870. The van der Waals surface area contributed by atoms with Gasteiger partial charge in [0.1, 0.15) is 23.4 Å². The molecule has 0 radical (unpaired) electrons. The molecule has 3 unspecified atom stereocenters. The molecule has 168 valence electrons. The highest BCUT2D eigenvalue weighted by atomic mass is 16.6. The van der Waals surface area contributed by atoms with Crippen molar-refractivity contribution in [3.05, 3.63) is 11.6 Å². The Labute approximate surface area is 179 Å². The number of amides is 1. The molecule has 5 aliphatic rings. The number of alkyl carbamates (subject to hydrolysis) is 1. The highest BCUT2D eigenvalue weighted by Crippen LogP contribution is 2.59. The minimum atomic E-state index is -0.325. The van der Waals surface area contributed by atoms with Crippen molar-refractivity contribution in [3.63, 3.8) is 0 Å². The monoisotopic (exact) mass is 420 g/mol. The number of piperidine rings is 1. The Morgan fingerprint density at radius 1 is 1.33 bits per heavy atom. The molecule has 4 aliphatic heterocycles. The summed E-state index contributed by atoms with van der Waals surface area (Å²) < 4.78 is 24.1. The van der Waals surface area contributed by atoms with Crippen LogP contribution in [0.15, 0.2) is 11.6 Å². The highest BCUT2D eigenvalue weighted by molar-refractivity contribution is 5.68. The zero-order chi connectivity index (χ0) is 21.1. The molecule has 0 aromatic carbocycles. The second-order valence-corrected chi connectivity index (χ2v) is 10.4. The largest absolute Gasteiger partial charge is 0.443 e. The van der Waals surface area contributed by atoms with Crippen molar-refractivity contribution in [2.75, 3.05) is 26.8 Å². The molecule has 1 spiro atoms. The van der Waals surface area contributed by atoms with Crippen LogP contribution in [-0.4, -0.2) is 73.5 Å². The van der Waals surface area contributed by atoms with Crippen molar-refractivity contribution >= 4 is 6.09 Å². The standard InChI is InChI=1S/C23H36N2O5/c1-14(2)5-6-17-22(3,30-17)20-19(27-4)16(7-9-23(20)13-28-23)29-21(26)24-18-11-15-8-10-25(18)12-15/h5,15-20H,6-13H2,1-4H3,(H,24,26)/t15?,16-,17+,18?,19-,20-,22-,23+/m1/s1. The number of rotatable bonds is 6. The van der Waals surface area contributed by atoms with Gasteiger partial charge < -0.3 is 24.3 Å². The van der Waals surface area contributed by atoms with Gasteiger partial charge in [-0.3, -0.25) is 4.90 Å². The van der Waals surface area contributed by atoms with Crippen molar-refractivity contribution in [3.8, 4) is 0 Å². The lowest BCUT2D eigenvalue weighted by Crippen LogP contribution is -2.56. The number of carbonyl (C=O) groups is 1. The van der Waals surface area contributed by atoms with Crippen LogP contribution in [0.25, 0.3) is 0 Å². The number of carbonyl (C=O) groups excluding carboxylic acids is 1. The summed E-state index contributed by atoms with van der Waals surface area (Å²) in [5.41, 5.74) is 0.797. The third kappa shape index (κ3) is 3.57. The predicted molar refractivity (Wildman–Crippen MR) is 111 cm³/mol. The Balaban J connectivity index is 1.25. The molecule has 4 heterocycles. The van der Waals surface area contributed by atoms with Crippen molar-refractivity contribution in [1.82, 2.24) is 10.2 Å². The first-order chi connectivity index (χ1) is 14.3. The van der Waals surface area contributed by atoms with Crippen LogP contribution >= 0.6 is 0 Å². The molecule has 5 rings (SSSR count). The summed E-state index contributed by atoms with van der Waals surface area (Å²) in [6.07, 6.45) is 6.48. The number of methoxy groups -OCH3 is 1. The molecule has 7 heteroatoms. The van der Waals surface area contributed by atoms with Crippen molar-refractivity contribution in [2.45, 2.75) is 88.6 Å². The molecule has 1 N–H and O–H groups in total. The van der Waals surface area contributed by atoms with Crippen LogP contribution in [0, 0.1) is 11.8 Å². The Kier molecular flexibility index (Phi) is 5.16. The van der Waals surface area contributed by atoms with Crippen LogP contribution in [0.4, 0.5) is 4.79 Å². The summed E-state index contributed by atoms with van der Waals surface area (Å²) in [5, 5.41) is 3.09. The van der Waals surface area contributed by atoms with Gasteiger partial charge in [-0.05, 0) is 58.8 Å². The summed E-state index contributed by atoms with van der Waals surface area (Å²) in [6.45, 7) is 9.30. The maximum atomic E-state index is 12.7. The van der Waals surface area contributed by atoms with E-state index in [1.165, 1.54) is 12.0 Å². The normalized spacial score (nSPS) is 48.5. The zero-order valence-electron chi connectivity index (χ0n) is 18.7. The Morgan fingerprint density at radius 2 is 2.13 bits per heavy atom. The third-order valence-corrected chi connectivity index (χ3v) is 8.09. The van der Waals surface area contributed by atoms with Gasteiger partial charge in [-0.2, -0.15) is 0 Å². The SMILES string of the molecule is CO[C@@H]1[C@H](OC(=O)NC2CC3CCN2C3)CC[C@]2(CO2)[C@H]1[C@]1(C)O[C@H]1CC=C(C)C. The summed E-state index contributed by atoms with van der Waals surface area (Å²) >= 11 is 0. The van der Waals surface area contributed by atoms with E-state index in [0.29, 0.717) is 0 Å². The lowest BCUT2D eigenvalue weighted by Gasteiger charge is -2.42. The van der Waals surface area contributed by atoms with E-state index < -0.39 is 0 Å². The number of allylic oxidation sites excluding steroid dienone is 1. The van der Waals surface area contributed by atoms with Gasteiger partial charge in [0.25, 0.3) is 0 Å². The van der Waals surface area contributed by atoms with Crippen LogP contribution in [0.1, 0.15) is 52.9 Å². The first kappa shape index (κ1) is 20.7. The number of fused-ring (bicyclic) bond motifs is 2. The quantitative estimate of drug-likeness (QED) is 0.526. The molecule has 2 bridgehead atoms. The van der Waals surface area contributed by atoms with E-state index in [0.717, 1.165) is 51.3 Å². The molecule has 9 atom stereocenters. The molecule has 4 saturated heterocycles. The van der Waals surface area contributed by atoms with Crippen LogP contribution < -0.4 is 5.32 Å². The lowest BCUT2D eigenvalue weighted by molar-refractivity contribution is -0.118. The van der Waals surface area contributed by atoms with Gasteiger partial charge in [0.2, 0.25) is 0 Å². The summed E-state index contributed by atoms with van der Waals surface area (Å²) in [6, 6.07) is 0. The second kappa shape index (κ2) is 7.47. The maximum Gasteiger partial charge on any atom is 0.408 e. The summed E-state index contributed by atoms with van der Waals surface area (Å²) in [7, 11) is 1.71. The molecule has 5 fully saturated rings. The molecule has 0 aromatic heterocycles. The van der Waals surface area contributed by atoms with E-state index in [-0.39, 0.29) is 47.7 Å². The van der Waals surface area contributed by atoms with Crippen molar-refractivity contribution in [1.29, 1.82) is 0 Å². The van der Waals surface area contributed by atoms with Gasteiger partial charge in [-0.15, -0.1) is 0 Å². The number of nitrogens with zero attached hydrogens (tertiary/aromatic N) is 1. The number of hydrogen-bond donors (Lipinski definition) is 1. The topological polar surface area (TPSA) is 75.9 Å². The Bertz CT molecular complexity index is 718. The molecular weight excluding hydrogens is 384 g/mol. The minimum absolute atomic E-state index is 0.0587. The maximum absolute atomic E-state index is 12.7. The zero-order valence-corrected chi connectivity index (χ0v) is 18.7. The van der Waals surface area contributed by atoms with Crippen molar-refractivity contribution < 1.29 is 23.7 Å². The van der Waals surface area contributed by atoms with Crippen LogP contribution in [0.5, 0.6) is 0 Å². The molecule has 30 heavy (non-hydrogen) atoms. The first-order valence-electron chi connectivity index (χ1n) is 11.5. The average Bonchev–Trinajstić information content (AvgIpc) is 3.50. The minimum Gasteiger partial charge on any atom is -0.443 e. The molecule has 1 saturated carbocycles. The lowest BCUT2D eigenvalue weighted by atomic mass is 9.68. The predicted octanol–water partition coefficient (Wildman–Crippen LogP) is 2.84. The van der Waals surface area contributed by atoms with E-state index in [2.05, 4.69) is 37.1 Å². The Hall–Kier alpha value is -1.15. The molecule has 1 aliphatic carbocycles. The van der Waals surface area contributed by atoms with Crippen molar-refractivity contribution in [2.24, 2.45) is 11.8 Å². The first-order valence-corrected chi connectivity index (χ1v) is 11.5. The highest BCUT2D eigenvalue weighted by Gasteiger charge is 2.72. The number of nitrogens with one attached hydrogen (secondary N) is 1. The molecular formula is C23H36N2O5.